The Kier molecular flexibility index (Phi) is 5.31. The predicted molar refractivity (Wildman–Crippen MR) is 117 cm³/mol. The summed E-state index contributed by atoms with van der Waals surface area (Å²) in [5, 5.41) is 23.9. The Hall–Kier alpha value is -3.92. The summed E-state index contributed by atoms with van der Waals surface area (Å²) in [5.74, 6) is 0.617. The maximum absolute atomic E-state index is 12.4. The summed E-state index contributed by atoms with van der Waals surface area (Å²) >= 11 is 0. The smallest absolute Gasteiger partial charge is 0.323 e. The Balaban J connectivity index is 1.54. The van der Waals surface area contributed by atoms with Crippen molar-refractivity contribution in [3.05, 3.63) is 76.5 Å². The minimum atomic E-state index is -0.274. The number of nitriles is 1. The molecule has 150 valence electrons. The van der Waals surface area contributed by atoms with Gasteiger partial charge >= 0.3 is 6.03 Å². The van der Waals surface area contributed by atoms with Crippen LogP contribution in [0.15, 0.2) is 48.5 Å². The molecule has 1 aliphatic heterocycles. The van der Waals surface area contributed by atoms with E-state index in [1.54, 1.807) is 0 Å². The number of fused-ring (bicyclic) bond motifs is 1. The molecule has 3 aromatic rings. The van der Waals surface area contributed by atoms with E-state index in [0.717, 1.165) is 40.2 Å². The lowest BCUT2D eigenvalue weighted by Gasteiger charge is -2.31. The zero-order valence-electron chi connectivity index (χ0n) is 16.9. The summed E-state index contributed by atoms with van der Waals surface area (Å²) in [6.07, 6.45) is 0.733. The first-order valence-electron chi connectivity index (χ1n) is 9.79. The fourth-order valence-corrected chi connectivity index (χ4v) is 3.66. The van der Waals surface area contributed by atoms with Crippen LogP contribution in [0.1, 0.15) is 27.9 Å². The molecule has 0 atom stereocenters. The largest absolute Gasteiger partial charge is 0.349 e. The molecule has 7 nitrogen and oxygen atoms in total. The van der Waals surface area contributed by atoms with E-state index in [-0.39, 0.29) is 6.03 Å². The SMILES string of the molecule is Cc1nnc(N2CCc3c(cccc3NC(=O)Nc3ccccc3)C2)c(C#N)c1C. The van der Waals surface area contributed by atoms with Crippen LogP contribution in [0.4, 0.5) is 22.0 Å². The number of nitrogens with zero attached hydrogens (tertiary/aromatic N) is 4. The molecule has 0 unspecified atom stereocenters. The summed E-state index contributed by atoms with van der Waals surface area (Å²) in [6.45, 7) is 5.06. The van der Waals surface area contributed by atoms with E-state index < -0.39 is 0 Å². The number of amides is 2. The van der Waals surface area contributed by atoms with Crippen LogP contribution < -0.4 is 15.5 Å². The molecule has 7 heteroatoms. The molecule has 2 amide bonds. The zero-order chi connectivity index (χ0) is 21.1. The third kappa shape index (κ3) is 3.80. The molecule has 0 fully saturated rings. The van der Waals surface area contributed by atoms with Crippen molar-refractivity contribution in [2.45, 2.75) is 26.8 Å². The standard InChI is InChI=1S/C23H22N6O/c1-15-16(2)27-28-22(20(15)13-24)29-12-11-19-17(14-29)7-6-10-21(19)26-23(30)25-18-8-4-3-5-9-18/h3-10H,11-12,14H2,1-2H3,(H2,25,26,30). The van der Waals surface area contributed by atoms with Gasteiger partial charge in [0.1, 0.15) is 11.6 Å². The van der Waals surface area contributed by atoms with Gasteiger partial charge in [-0.1, -0.05) is 30.3 Å². The highest BCUT2D eigenvalue weighted by molar-refractivity contribution is 6.00. The van der Waals surface area contributed by atoms with Gasteiger partial charge in [0.2, 0.25) is 0 Å². The topological polar surface area (TPSA) is 93.9 Å². The zero-order valence-corrected chi connectivity index (χ0v) is 16.9. The molecule has 30 heavy (non-hydrogen) atoms. The maximum atomic E-state index is 12.4. The molecule has 1 aliphatic rings. The molecule has 0 spiro atoms. The van der Waals surface area contributed by atoms with E-state index in [1.807, 2.05) is 62.4 Å². The van der Waals surface area contributed by atoms with Gasteiger partial charge in [-0.15, -0.1) is 5.10 Å². The molecular weight excluding hydrogens is 376 g/mol. The molecule has 0 saturated heterocycles. The number of para-hydroxylation sites is 1. The Bertz CT molecular complexity index is 1140. The number of aryl methyl sites for hydroxylation is 1. The number of carbonyl (C=O) groups excluding carboxylic acids is 1. The van der Waals surface area contributed by atoms with Crippen LogP contribution in [0.5, 0.6) is 0 Å². The molecule has 2 aromatic carbocycles. The van der Waals surface area contributed by atoms with Gasteiger partial charge < -0.3 is 15.5 Å². The summed E-state index contributed by atoms with van der Waals surface area (Å²) < 4.78 is 0. The van der Waals surface area contributed by atoms with Gasteiger partial charge in [0.05, 0.1) is 5.69 Å². The number of rotatable bonds is 3. The van der Waals surface area contributed by atoms with Gasteiger partial charge in [0, 0.05) is 24.5 Å². The lowest BCUT2D eigenvalue weighted by atomic mass is 9.97. The van der Waals surface area contributed by atoms with E-state index in [0.29, 0.717) is 24.5 Å². The Morgan fingerprint density at radius 2 is 1.87 bits per heavy atom. The van der Waals surface area contributed by atoms with Gasteiger partial charge in [-0.25, -0.2) is 4.79 Å². The maximum Gasteiger partial charge on any atom is 0.323 e. The number of hydrogen-bond donors (Lipinski definition) is 2. The Morgan fingerprint density at radius 1 is 1.07 bits per heavy atom. The average molecular weight is 398 g/mol. The molecule has 1 aromatic heterocycles. The number of nitrogens with one attached hydrogen (secondary N) is 2. The first-order valence-corrected chi connectivity index (χ1v) is 9.79. The molecule has 0 radical (unpaired) electrons. The van der Waals surface area contributed by atoms with Crippen LogP contribution >= 0.6 is 0 Å². The first kappa shape index (κ1) is 19.4. The monoisotopic (exact) mass is 398 g/mol. The quantitative estimate of drug-likeness (QED) is 0.690. The van der Waals surface area contributed by atoms with Crippen molar-refractivity contribution >= 4 is 23.2 Å². The summed E-state index contributed by atoms with van der Waals surface area (Å²) in [5.41, 5.74) is 5.94. The van der Waals surface area contributed by atoms with Gasteiger partial charge in [-0.3, -0.25) is 0 Å². The first-order chi connectivity index (χ1) is 14.6. The van der Waals surface area contributed by atoms with Crippen LogP contribution in [0.25, 0.3) is 0 Å². The third-order valence-corrected chi connectivity index (χ3v) is 5.39. The van der Waals surface area contributed by atoms with E-state index in [9.17, 15) is 10.1 Å². The second-order valence-corrected chi connectivity index (χ2v) is 7.28. The van der Waals surface area contributed by atoms with Crippen molar-refractivity contribution < 1.29 is 4.79 Å². The van der Waals surface area contributed by atoms with Gasteiger partial charge in [0.15, 0.2) is 5.82 Å². The third-order valence-electron chi connectivity index (χ3n) is 5.39. The number of benzene rings is 2. The molecule has 0 saturated carbocycles. The summed E-state index contributed by atoms with van der Waals surface area (Å²) in [4.78, 5) is 14.5. The van der Waals surface area contributed by atoms with Crippen molar-refractivity contribution in [2.24, 2.45) is 0 Å². The number of hydrogen-bond acceptors (Lipinski definition) is 5. The van der Waals surface area contributed by atoms with Crippen molar-refractivity contribution in [1.82, 2.24) is 10.2 Å². The second kappa shape index (κ2) is 8.21. The lowest BCUT2D eigenvalue weighted by molar-refractivity contribution is 0.262. The van der Waals surface area contributed by atoms with Crippen LogP contribution in [0.3, 0.4) is 0 Å². The van der Waals surface area contributed by atoms with Crippen molar-refractivity contribution in [3.63, 3.8) is 0 Å². The van der Waals surface area contributed by atoms with Crippen LogP contribution in [-0.4, -0.2) is 22.8 Å². The Labute approximate surface area is 175 Å². The number of carbonyl (C=O) groups is 1. The summed E-state index contributed by atoms with van der Waals surface area (Å²) in [7, 11) is 0. The van der Waals surface area contributed by atoms with Gasteiger partial charge in [0.25, 0.3) is 0 Å². The van der Waals surface area contributed by atoms with Crippen molar-refractivity contribution in [3.8, 4) is 6.07 Å². The molecule has 4 rings (SSSR count). The number of aromatic nitrogens is 2. The fraction of sp³-hybridized carbons (Fsp3) is 0.217. The van der Waals surface area contributed by atoms with E-state index in [2.05, 4.69) is 31.8 Å². The molecule has 2 heterocycles. The Morgan fingerprint density at radius 3 is 2.63 bits per heavy atom. The van der Waals surface area contributed by atoms with Gasteiger partial charge in [-0.2, -0.15) is 10.4 Å². The second-order valence-electron chi connectivity index (χ2n) is 7.28. The number of anilines is 3. The minimum Gasteiger partial charge on any atom is -0.349 e. The molecule has 0 bridgehead atoms. The number of urea groups is 1. The van der Waals surface area contributed by atoms with Crippen molar-refractivity contribution in [1.29, 1.82) is 5.26 Å². The molecule has 2 N–H and O–H groups in total. The van der Waals surface area contributed by atoms with E-state index in [4.69, 9.17) is 0 Å². The highest BCUT2D eigenvalue weighted by atomic mass is 16.2. The van der Waals surface area contributed by atoms with Gasteiger partial charge in [-0.05, 0) is 55.2 Å². The fourth-order valence-electron chi connectivity index (χ4n) is 3.66. The summed E-state index contributed by atoms with van der Waals surface area (Å²) in [6, 6.07) is 17.2. The highest BCUT2D eigenvalue weighted by Gasteiger charge is 2.24. The lowest BCUT2D eigenvalue weighted by Crippen LogP contribution is -2.33. The van der Waals surface area contributed by atoms with Crippen LogP contribution in [0.2, 0.25) is 0 Å². The molecule has 0 aliphatic carbocycles. The van der Waals surface area contributed by atoms with E-state index in [1.165, 1.54) is 0 Å². The average Bonchev–Trinajstić information content (AvgIpc) is 2.76. The highest BCUT2D eigenvalue weighted by Crippen LogP contribution is 2.30. The molecular formula is C23H22N6O. The normalized spacial score (nSPS) is 12.6. The predicted octanol–water partition coefficient (Wildman–Crippen LogP) is 4.17. The van der Waals surface area contributed by atoms with Crippen molar-refractivity contribution in [2.75, 3.05) is 22.1 Å². The van der Waals surface area contributed by atoms with E-state index >= 15 is 0 Å². The minimum absolute atomic E-state index is 0.274. The van der Waals surface area contributed by atoms with Crippen LogP contribution in [-0.2, 0) is 13.0 Å². The van der Waals surface area contributed by atoms with Crippen LogP contribution in [0, 0.1) is 25.2 Å².